The number of ketones is 1. The lowest BCUT2D eigenvalue weighted by atomic mass is 9.63. The summed E-state index contributed by atoms with van der Waals surface area (Å²) in [4.78, 5) is 36.7. The second kappa shape index (κ2) is 10.9. The Kier molecular flexibility index (Phi) is 7.46. The van der Waals surface area contributed by atoms with E-state index < -0.39 is 12.1 Å². The van der Waals surface area contributed by atoms with Crippen LogP contribution in [0.5, 0.6) is 0 Å². The third-order valence-electron chi connectivity index (χ3n) is 11.5. The molecule has 0 N–H and O–H groups in total. The molecule has 3 aliphatic carbocycles. The van der Waals surface area contributed by atoms with Gasteiger partial charge in [-0.3, -0.25) is 19.4 Å². The monoisotopic (exact) mass is 558 g/mol. The number of carbonyl (C=O) groups is 2. The van der Waals surface area contributed by atoms with Crippen molar-refractivity contribution in [2.24, 2.45) is 17.8 Å². The van der Waals surface area contributed by atoms with Crippen LogP contribution in [0, 0.1) is 17.8 Å². The number of ether oxygens (including phenoxy) is 2. The molecule has 0 spiro atoms. The van der Waals surface area contributed by atoms with E-state index in [9.17, 15) is 9.59 Å². The minimum atomic E-state index is -1.15. The molecule has 40 heavy (non-hydrogen) atoms. The summed E-state index contributed by atoms with van der Waals surface area (Å²) in [5.74, 6) is 0.268. The lowest BCUT2D eigenvalue weighted by Gasteiger charge is -2.63. The number of carbonyl (C=O) groups excluding carboxylic acids is 2. The molecule has 0 aromatic rings. The maximum Gasteiger partial charge on any atom is 0.259 e. The first kappa shape index (κ1) is 27.3. The molecule has 6 fully saturated rings. The molecule has 7 rings (SSSR count). The molecule has 9 atom stereocenters. The second-order valence-electron chi connectivity index (χ2n) is 13.7. The average Bonchev–Trinajstić information content (AvgIpc) is 2.98. The van der Waals surface area contributed by atoms with Gasteiger partial charge in [-0.15, -0.1) is 0 Å². The summed E-state index contributed by atoms with van der Waals surface area (Å²) in [5.41, 5.74) is 0.261. The lowest BCUT2D eigenvalue weighted by Crippen LogP contribution is -2.75. The third kappa shape index (κ3) is 4.54. The van der Waals surface area contributed by atoms with Crippen LogP contribution in [0.25, 0.3) is 0 Å². The maximum absolute atomic E-state index is 16.4. The Balaban J connectivity index is 1.24. The van der Waals surface area contributed by atoms with E-state index in [1.807, 2.05) is 6.20 Å². The van der Waals surface area contributed by atoms with Gasteiger partial charge in [0.25, 0.3) is 5.91 Å². The molecule has 0 aromatic carbocycles. The van der Waals surface area contributed by atoms with Crippen molar-refractivity contribution in [2.75, 3.05) is 52.5 Å². The molecular formula is C31H47FN4O4. The first-order valence-corrected chi connectivity index (χ1v) is 16.1. The van der Waals surface area contributed by atoms with Crippen LogP contribution in [-0.2, 0) is 19.1 Å². The Hall–Kier alpha value is -1.55. The fourth-order valence-electron chi connectivity index (χ4n) is 9.46. The molecule has 4 aliphatic heterocycles. The van der Waals surface area contributed by atoms with E-state index in [-0.39, 0.29) is 54.0 Å². The standard InChI is InChI=1S/C31H47FN4O4/c1-19(2)33-9-11-34(12-10-33)28-24(32)17-22-27-30(28)40-25-8-7-20-5-3-4-6-21(20)26(25)36(27)18-23(29(22)37)31(38)35-13-15-39-16-14-35/h18-22,24-28,30H,3-17H2,1-2H3. The van der Waals surface area contributed by atoms with E-state index >= 15 is 4.39 Å². The van der Waals surface area contributed by atoms with E-state index in [0.29, 0.717) is 44.2 Å². The van der Waals surface area contributed by atoms with E-state index in [0.717, 1.165) is 32.6 Å². The second-order valence-corrected chi connectivity index (χ2v) is 13.7. The summed E-state index contributed by atoms with van der Waals surface area (Å²) in [6.07, 6.45) is 7.72. The van der Waals surface area contributed by atoms with Gasteiger partial charge in [0.2, 0.25) is 0 Å². The zero-order valence-electron chi connectivity index (χ0n) is 24.3. The summed E-state index contributed by atoms with van der Waals surface area (Å²) < 4.78 is 28.8. The van der Waals surface area contributed by atoms with E-state index in [2.05, 4.69) is 28.5 Å². The number of rotatable bonds is 3. The van der Waals surface area contributed by atoms with Crippen LogP contribution in [0.15, 0.2) is 11.8 Å². The molecule has 4 heterocycles. The van der Waals surface area contributed by atoms with Crippen molar-refractivity contribution in [3.05, 3.63) is 11.8 Å². The van der Waals surface area contributed by atoms with Crippen LogP contribution in [0.4, 0.5) is 4.39 Å². The fourth-order valence-corrected chi connectivity index (χ4v) is 9.46. The number of halogens is 1. The summed E-state index contributed by atoms with van der Waals surface area (Å²) in [7, 11) is 0. The Bertz CT molecular complexity index is 1010. The van der Waals surface area contributed by atoms with Gasteiger partial charge in [-0.05, 0) is 51.4 Å². The number of hydrogen-bond donors (Lipinski definition) is 0. The largest absolute Gasteiger partial charge is 0.378 e. The minimum Gasteiger partial charge on any atom is -0.378 e. The average molecular weight is 559 g/mol. The summed E-state index contributed by atoms with van der Waals surface area (Å²) >= 11 is 0. The molecule has 0 radical (unpaired) electrons. The molecule has 3 saturated heterocycles. The van der Waals surface area contributed by atoms with Crippen molar-refractivity contribution in [2.45, 2.75) is 101 Å². The van der Waals surface area contributed by atoms with E-state index in [4.69, 9.17) is 9.47 Å². The van der Waals surface area contributed by atoms with Crippen molar-refractivity contribution in [1.29, 1.82) is 0 Å². The summed E-state index contributed by atoms with van der Waals surface area (Å²) in [6.45, 7) is 9.92. The van der Waals surface area contributed by atoms with Crippen LogP contribution in [-0.4, -0.2) is 126 Å². The SMILES string of the molecule is CC(C)N1CCN(C2C(F)CC3C(=O)C(C(=O)N4CCOCC4)=CN4C5C(CCC6CCCCC65)OC2C34)CC1. The Morgan fingerprint density at radius 3 is 2.45 bits per heavy atom. The minimum absolute atomic E-state index is 0.0233. The lowest BCUT2D eigenvalue weighted by molar-refractivity contribution is -0.228. The topological polar surface area (TPSA) is 65.6 Å². The van der Waals surface area contributed by atoms with E-state index in [1.165, 1.54) is 32.1 Å². The zero-order valence-corrected chi connectivity index (χ0v) is 24.3. The molecule has 0 aromatic heterocycles. The molecule has 1 amide bonds. The molecule has 9 unspecified atom stereocenters. The van der Waals surface area contributed by atoms with Crippen molar-refractivity contribution in [1.82, 2.24) is 19.6 Å². The normalized spacial score (nSPS) is 42.6. The Morgan fingerprint density at radius 2 is 1.70 bits per heavy atom. The van der Waals surface area contributed by atoms with E-state index in [1.54, 1.807) is 4.90 Å². The highest BCUT2D eigenvalue weighted by atomic mass is 19.1. The number of Topliss-reactive ketones (excluding diaryl/α,β-unsaturated/α-hetero) is 1. The number of nitrogens with zero attached hydrogens (tertiary/aromatic N) is 4. The number of amides is 1. The summed E-state index contributed by atoms with van der Waals surface area (Å²) in [6, 6.07) is 0.102. The fraction of sp³-hybridized carbons (Fsp3) is 0.871. The van der Waals surface area contributed by atoms with Crippen LogP contribution < -0.4 is 0 Å². The smallest absolute Gasteiger partial charge is 0.259 e. The summed E-state index contributed by atoms with van der Waals surface area (Å²) in [5, 5.41) is 0. The highest BCUT2D eigenvalue weighted by Crippen LogP contribution is 2.51. The van der Waals surface area contributed by atoms with Crippen LogP contribution in [0.3, 0.4) is 0 Å². The number of morpholine rings is 2. The maximum atomic E-state index is 16.4. The number of hydrogen-bond acceptors (Lipinski definition) is 7. The Labute approximate surface area is 238 Å². The molecule has 3 saturated carbocycles. The quantitative estimate of drug-likeness (QED) is 0.493. The van der Waals surface area contributed by atoms with Gasteiger partial charge in [0.05, 0.1) is 49.1 Å². The van der Waals surface area contributed by atoms with Gasteiger partial charge < -0.3 is 19.3 Å². The van der Waals surface area contributed by atoms with Crippen LogP contribution in [0.2, 0.25) is 0 Å². The number of piperazine rings is 1. The van der Waals surface area contributed by atoms with Crippen molar-refractivity contribution in [3.8, 4) is 0 Å². The van der Waals surface area contributed by atoms with Gasteiger partial charge in [0.1, 0.15) is 6.17 Å². The van der Waals surface area contributed by atoms with Crippen molar-refractivity contribution >= 4 is 11.7 Å². The predicted molar refractivity (Wildman–Crippen MR) is 148 cm³/mol. The van der Waals surface area contributed by atoms with Crippen molar-refractivity contribution in [3.63, 3.8) is 0 Å². The van der Waals surface area contributed by atoms with Gasteiger partial charge in [0.15, 0.2) is 5.78 Å². The predicted octanol–water partition coefficient (Wildman–Crippen LogP) is 2.47. The molecule has 8 nitrogen and oxygen atoms in total. The van der Waals surface area contributed by atoms with Gasteiger partial charge >= 0.3 is 0 Å². The van der Waals surface area contributed by atoms with Gasteiger partial charge in [-0.25, -0.2) is 4.39 Å². The van der Waals surface area contributed by atoms with Gasteiger partial charge in [-0.1, -0.05) is 19.3 Å². The molecule has 0 bridgehead atoms. The molecule has 7 aliphatic rings. The van der Waals surface area contributed by atoms with Gasteiger partial charge in [0, 0.05) is 57.4 Å². The molecule has 9 heteroatoms. The Morgan fingerprint density at radius 1 is 0.950 bits per heavy atom. The van der Waals surface area contributed by atoms with Crippen LogP contribution in [0.1, 0.15) is 58.8 Å². The number of alkyl halides is 1. The van der Waals surface area contributed by atoms with Crippen LogP contribution >= 0.6 is 0 Å². The third-order valence-corrected chi connectivity index (χ3v) is 11.5. The highest BCUT2D eigenvalue weighted by Gasteiger charge is 2.61. The first-order chi connectivity index (χ1) is 19.4. The molecular weight excluding hydrogens is 511 g/mol. The first-order valence-electron chi connectivity index (χ1n) is 16.1. The number of fused-ring (bicyclic) bond motifs is 4. The molecule has 222 valence electrons. The zero-order chi connectivity index (χ0) is 27.5. The highest BCUT2D eigenvalue weighted by molar-refractivity contribution is 6.20. The van der Waals surface area contributed by atoms with Gasteiger partial charge in [-0.2, -0.15) is 0 Å². The van der Waals surface area contributed by atoms with Crippen molar-refractivity contribution < 1.29 is 23.5 Å².